The summed E-state index contributed by atoms with van der Waals surface area (Å²) in [5.74, 6) is 2.61. The maximum atomic E-state index is 5.29. The van der Waals surface area contributed by atoms with Crippen LogP contribution in [0.1, 0.15) is 45.6 Å². The fourth-order valence-corrected chi connectivity index (χ4v) is 2.24. The van der Waals surface area contributed by atoms with Gasteiger partial charge in [0.25, 0.3) is 0 Å². The Morgan fingerprint density at radius 2 is 1.50 bits per heavy atom. The summed E-state index contributed by atoms with van der Waals surface area (Å²) < 4.78 is 0. The molecule has 24 heavy (non-hydrogen) atoms. The average molecular weight is 322 g/mol. The van der Waals surface area contributed by atoms with Crippen LogP contribution < -0.4 is 5.73 Å². The first-order chi connectivity index (χ1) is 11.7. The van der Waals surface area contributed by atoms with Crippen molar-refractivity contribution in [2.75, 3.05) is 7.05 Å². The van der Waals surface area contributed by atoms with Crippen LogP contribution in [0, 0.1) is 12.3 Å². The quantitative estimate of drug-likeness (QED) is 0.538. The molecule has 0 aliphatic carbocycles. The topological polar surface area (TPSA) is 26.0 Å². The lowest BCUT2D eigenvalue weighted by molar-refractivity contribution is 0.856. The highest BCUT2D eigenvalue weighted by Crippen LogP contribution is 2.18. The van der Waals surface area contributed by atoms with Gasteiger partial charge in [-0.15, -0.1) is 6.42 Å². The Morgan fingerprint density at radius 1 is 0.958 bits per heavy atom. The minimum atomic E-state index is 0.921. The molecule has 0 saturated heterocycles. The standard InChI is InChI=1S/C14H10.C8H16.CH5N/c1-2-12-8-10-14(11-9-12)13-6-4-3-5-7-13;1-4-7-8(5-2)6-3;1-2/h1,3-11H;5H,4,6-7H2,1-3H3;2H2,1H3/b;8-5+;. The summed E-state index contributed by atoms with van der Waals surface area (Å²) >= 11 is 0. The molecule has 2 aromatic carbocycles. The van der Waals surface area contributed by atoms with E-state index in [0.717, 1.165) is 5.56 Å². The van der Waals surface area contributed by atoms with E-state index in [4.69, 9.17) is 6.42 Å². The maximum Gasteiger partial charge on any atom is 0.0243 e. The molecule has 0 unspecified atom stereocenters. The molecule has 2 N–H and O–H groups in total. The van der Waals surface area contributed by atoms with E-state index in [2.05, 4.69) is 50.6 Å². The van der Waals surface area contributed by atoms with Crippen LogP contribution in [0.4, 0.5) is 0 Å². The number of nitrogens with two attached hydrogens (primary N) is 1. The average Bonchev–Trinajstić information content (AvgIpc) is 2.69. The molecule has 0 atom stereocenters. The molecule has 0 spiro atoms. The lowest BCUT2D eigenvalue weighted by atomic mass is 10.0. The first kappa shape index (κ1) is 21.7. The summed E-state index contributed by atoms with van der Waals surface area (Å²) in [4.78, 5) is 0. The zero-order valence-corrected chi connectivity index (χ0v) is 15.5. The van der Waals surface area contributed by atoms with Crippen LogP contribution in [-0.2, 0) is 0 Å². The van der Waals surface area contributed by atoms with Crippen molar-refractivity contribution in [1.29, 1.82) is 0 Å². The van der Waals surface area contributed by atoms with E-state index >= 15 is 0 Å². The Kier molecular flexibility index (Phi) is 12.9. The van der Waals surface area contributed by atoms with Gasteiger partial charge in [0.1, 0.15) is 0 Å². The van der Waals surface area contributed by atoms with Gasteiger partial charge in [-0.1, -0.05) is 80.3 Å². The van der Waals surface area contributed by atoms with Crippen LogP contribution in [-0.4, -0.2) is 7.05 Å². The Labute approximate surface area is 148 Å². The minimum Gasteiger partial charge on any atom is -0.333 e. The van der Waals surface area contributed by atoms with Crippen molar-refractivity contribution in [3.63, 3.8) is 0 Å². The molecule has 0 aromatic heterocycles. The van der Waals surface area contributed by atoms with Crippen LogP contribution in [0.5, 0.6) is 0 Å². The fraction of sp³-hybridized carbons (Fsp3) is 0.304. The maximum absolute atomic E-state index is 5.29. The van der Waals surface area contributed by atoms with Crippen LogP contribution >= 0.6 is 0 Å². The molecule has 0 fully saturated rings. The minimum absolute atomic E-state index is 0.921. The second kappa shape index (κ2) is 14.3. The van der Waals surface area contributed by atoms with Gasteiger partial charge in [0.05, 0.1) is 0 Å². The Bertz CT molecular complexity index is 601. The van der Waals surface area contributed by atoms with Crippen molar-refractivity contribution in [1.82, 2.24) is 0 Å². The molecule has 0 heterocycles. The predicted octanol–water partition coefficient (Wildman–Crippen LogP) is 6.05. The van der Waals surface area contributed by atoms with Gasteiger partial charge in [-0.2, -0.15) is 0 Å². The van der Waals surface area contributed by atoms with E-state index in [1.54, 1.807) is 5.57 Å². The van der Waals surface area contributed by atoms with Crippen LogP contribution in [0.15, 0.2) is 66.2 Å². The Balaban J connectivity index is 0.000000456. The molecule has 2 rings (SSSR count). The summed E-state index contributed by atoms with van der Waals surface area (Å²) in [6.45, 7) is 6.55. The van der Waals surface area contributed by atoms with Gasteiger partial charge in [-0.25, -0.2) is 0 Å². The molecule has 0 bridgehead atoms. The van der Waals surface area contributed by atoms with E-state index in [9.17, 15) is 0 Å². The number of hydrogen-bond acceptors (Lipinski definition) is 1. The number of terminal acetylenes is 1. The predicted molar refractivity (Wildman–Crippen MR) is 109 cm³/mol. The summed E-state index contributed by atoms with van der Waals surface area (Å²) in [6, 6.07) is 18.3. The molecule has 0 aliphatic rings. The van der Waals surface area contributed by atoms with Crippen molar-refractivity contribution in [2.45, 2.75) is 40.0 Å². The third-order valence-corrected chi connectivity index (χ3v) is 3.59. The van der Waals surface area contributed by atoms with Crippen molar-refractivity contribution in [2.24, 2.45) is 5.73 Å². The molecule has 0 saturated carbocycles. The summed E-state index contributed by atoms with van der Waals surface area (Å²) in [5, 5.41) is 0. The van der Waals surface area contributed by atoms with Crippen molar-refractivity contribution in [3.05, 3.63) is 71.8 Å². The molecule has 128 valence electrons. The molecule has 1 heteroatoms. The highest BCUT2D eigenvalue weighted by molar-refractivity contribution is 5.64. The van der Waals surface area contributed by atoms with Crippen LogP contribution in [0.3, 0.4) is 0 Å². The van der Waals surface area contributed by atoms with Gasteiger partial charge in [0.2, 0.25) is 0 Å². The van der Waals surface area contributed by atoms with Crippen LogP contribution in [0.2, 0.25) is 0 Å². The van der Waals surface area contributed by atoms with Gasteiger partial charge in [0, 0.05) is 5.56 Å². The van der Waals surface area contributed by atoms with Gasteiger partial charge >= 0.3 is 0 Å². The first-order valence-electron chi connectivity index (χ1n) is 8.59. The SMILES string of the molecule is C#Cc1ccc(-c2ccccc2)cc1.C/C=C(\CC)CCC.CN. The third-order valence-electron chi connectivity index (χ3n) is 3.59. The molecular weight excluding hydrogens is 290 g/mol. The number of allylic oxidation sites excluding steroid dienone is 2. The van der Waals surface area contributed by atoms with E-state index in [1.165, 1.54) is 37.4 Å². The molecule has 0 amide bonds. The molecule has 0 aliphatic heterocycles. The molecule has 1 nitrogen and oxygen atoms in total. The second-order valence-corrected chi connectivity index (χ2v) is 5.14. The summed E-state index contributed by atoms with van der Waals surface area (Å²) in [5.41, 5.74) is 9.43. The Morgan fingerprint density at radius 3 is 1.88 bits per heavy atom. The van der Waals surface area contributed by atoms with E-state index in [0.29, 0.717) is 0 Å². The monoisotopic (exact) mass is 321 g/mol. The van der Waals surface area contributed by atoms with Crippen molar-refractivity contribution >= 4 is 0 Å². The van der Waals surface area contributed by atoms with Gasteiger partial charge in [0.15, 0.2) is 0 Å². The van der Waals surface area contributed by atoms with Crippen LogP contribution in [0.25, 0.3) is 11.1 Å². The largest absolute Gasteiger partial charge is 0.333 e. The third kappa shape index (κ3) is 8.36. The number of rotatable bonds is 4. The first-order valence-corrected chi connectivity index (χ1v) is 8.59. The molecule has 0 radical (unpaired) electrons. The number of benzene rings is 2. The lowest BCUT2D eigenvalue weighted by Gasteiger charge is -2.00. The second-order valence-electron chi connectivity index (χ2n) is 5.14. The summed E-state index contributed by atoms with van der Waals surface area (Å²) in [7, 11) is 1.50. The van der Waals surface area contributed by atoms with Crippen molar-refractivity contribution < 1.29 is 0 Å². The van der Waals surface area contributed by atoms with Crippen molar-refractivity contribution in [3.8, 4) is 23.5 Å². The Hall–Kier alpha value is -2.30. The highest BCUT2D eigenvalue weighted by atomic mass is 14.4. The van der Waals surface area contributed by atoms with Gasteiger partial charge < -0.3 is 5.73 Å². The smallest absolute Gasteiger partial charge is 0.0243 e. The highest BCUT2D eigenvalue weighted by Gasteiger charge is 1.94. The zero-order chi connectivity index (χ0) is 18.2. The molecular formula is C23H31N. The van der Waals surface area contributed by atoms with Gasteiger partial charge in [-0.3, -0.25) is 0 Å². The van der Waals surface area contributed by atoms with E-state index in [1.807, 2.05) is 42.5 Å². The van der Waals surface area contributed by atoms with E-state index < -0.39 is 0 Å². The lowest BCUT2D eigenvalue weighted by Crippen LogP contribution is -1.77. The zero-order valence-electron chi connectivity index (χ0n) is 15.5. The number of hydrogen-bond donors (Lipinski definition) is 1. The van der Waals surface area contributed by atoms with E-state index in [-0.39, 0.29) is 0 Å². The normalized spacial score (nSPS) is 9.75. The molecule has 2 aromatic rings. The van der Waals surface area contributed by atoms with Gasteiger partial charge in [-0.05, 0) is 50.1 Å². The fourth-order valence-electron chi connectivity index (χ4n) is 2.24. The summed E-state index contributed by atoms with van der Waals surface area (Å²) in [6.07, 6.45) is 11.3.